The molecule has 0 aliphatic carbocycles. The number of nitrogens with one attached hydrogen (secondary N) is 2. The third kappa shape index (κ3) is 5.94. The number of hydrogen-bond donors (Lipinski definition) is 3. The lowest BCUT2D eigenvalue weighted by molar-refractivity contribution is -0.122. The van der Waals surface area contributed by atoms with Crippen LogP contribution >= 0.6 is 0 Å². The second-order valence-corrected chi connectivity index (χ2v) is 7.94. The Morgan fingerprint density at radius 3 is 1.85 bits per heavy atom. The molecule has 0 aliphatic heterocycles. The highest BCUT2D eigenvalue weighted by Gasteiger charge is 2.19. The van der Waals surface area contributed by atoms with Gasteiger partial charge in [0.25, 0.3) is 5.91 Å². The molecule has 170 valence electrons. The van der Waals surface area contributed by atoms with E-state index in [-0.39, 0.29) is 24.3 Å². The van der Waals surface area contributed by atoms with E-state index >= 15 is 0 Å². The summed E-state index contributed by atoms with van der Waals surface area (Å²) in [6.07, 6.45) is 3.35. The van der Waals surface area contributed by atoms with Crippen LogP contribution in [-0.4, -0.2) is 16.8 Å². The van der Waals surface area contributed by atoms with Crippen molar-refractivity contribution in [1.82, 2.24) is 10.3 Å². The van der Waals surface area contributed by atoms with Crippen LogP contribution in [0.4, 0.5) is 5.69 Å². The van der Waals surface area contributed by atoms with Gasteiger partial charge in [-0.3, -0.25) is 14.6 Å². The maximum atomic E-state index is 12.9. The number of rotatable bonds is 8. The van der Waals surface area contributed by atoms with Crippen LogP contribution in [0.3, 0.4) is 0 Å². The number of nitrogens with two attached hydrogens (primary N) is 1. The number of hydrogen-bond acceptors (Lipinski definition) is 4. The predicted molar refractivity (Wildman–Crippen MR) is 133 cm³/mol. The van der Waals surface area contributed by atoms with Crippen molar-refractivity contribution in [3.63, 3.8) is 0 Å². The summed E-state index contributed by atoms with van der Waals surface area (Å²) in [5, 5.41) is 5.94. The van der Waals surface area contributed by atoms with Gasteiger partial charge in [-0.15, -0.1) is 0 Å². The molecule has 1 heterocycles. The van der Waals surface area contributed by atoms with E-state index in [2.05, 4.69) is 15.6 Å². The molecule has 0 aliphatic rings. The first kappa shape index (κ1) is 22.9. The lowest BCUT2D eigenvalue weighted by Gasteiger charge is -2.21. The Hall–Kier alpha value is -4.29. The SMILES string of the molecule is NC(CC(=O)NC(c1ccccc1)c1ccccc1)c1ccc(C(=O)Nc2ccncc2)cc1. The predicted octanol–water partition coefficient (Wildman–Crippen LogP) is 4.63. The average molecular weight is 451 g/mol. The van der Waals surface area contributed by atoms with E-state index in [1.54, 1.807) is 48.8 Å². The minimum atomic E-state index is -0.496. The standard InChI is InChI=1S/C28H26N4O2/c29-25(20-11-13-23(14-12-20)28(34)31-24-15-17-30-18-16-24)19-26(33)32-27(21-7-3-1-4-8-21)22-9-5-2-6-10-22/h1-18,25,27H,19,29H2,(H,32,33)(H,30,31,34). The van der Waals surface area contributed by atoms with Crippen LogP contribution in [0.15, 0.2) is 109 Å². The largest absolute Gasteiger partial charge is 0.345 e. The monoisotopic (exact) mass is 450 g/mol. The highest BCUT2D eigenvalue weighted by atomic mass is 16.2. The molecule has 3 aromatic carbocycles. The van der Waals surface area contributed by atoms with Gasteiger partial charge in [0.1, 0.15) is 0 Å². The quantitative estimate of drug-likeness (QED) is 0.365. The van der Waals surface area contributed by atoms with Gasteiger partial charge >= 0.3 is 0 Å². The van der Waals surface area contributed by atoms with Crippen molar-refractivity contribution in [2.24, 2.45) is 5.73 Å². The van der Waals surface area contributed by atoms with Crippen LogP contribution in [0.2, 0.25) is 0 Å². The van der Waals surface area contributed by atoms with Crippen molar-refractivity contribution in [2.75, 3.05) is 5.32 Å². The summed E-state index contributed by atoms with van der Waals surface area (Å²) in [7, 11) is 0. The molecule has 34 heavy (non-hydrogen) atoms. The number of pyridine rings is 1. The Kier molecular flexibility index (Phi) is 7.42. The van der Waals surface area contributed by atoms with E-state index < -0.39 is 6.04 Å². The maximum absolute atomic E-state index is 12.9. The van der Waals surface area contributed by atoms with Gasteiger partial charge in [-0.1, -0.05) is 72.8 Å². The van der Waals surface area contributed by atoms with Crippen molar-refractivity contribution in [3.05, 3.63) is 132 Å². The van der Waals surface area contributed by atoms with Crippen LogP contribution in [-0.2, 0) is 4.79 Å². The van der Waals surface area contributed by atoms with E-state index in [0.29, 0.717) is 11.3 Å². The zero-order chi connectivity index (χ0) is 23.8. The van der Waals surface area contributed by atoms with E-state index in [1.807, 2.05) is 60.7 Å². The van der Waals surface area contributed by atoms with Crippen LogP contribution < -0.4 is 16.4 Å². The Morgan fingerprint density at radius 2 is 1.29 bits per heavy atom. The van der Waals surface area contributed by atoms with Gasteiger partial charge < -0.3 is 16.4 Å². The molecule has 0 saturated heterocycles. The number of nitrogens with zero attached hydrogens (tertiary/aromatic N) is 1. The fraction of sp³-hybridized carbons (Fsp3) is 0.107. The van der Waals surface area contributed by atoms with Crippen LogP contribution in [0, 0.1) is 0 Å². The molecule has 4 N–H and O–H groups in total. The number of benzene rings is 3. The molecule has 0 fully saturated rings. The molecule has 1 atom stereocenters. The van der Waals surface area contributed by atoms with Crippen LogP contribution in [0.1, 0.15) is 45.6 Å². The van der Waals surface area contributed by atoms with E-state index in [4.69, 9.17) is 5.73 Å². The molecule has 0 spiro atoms. The van der Waals surface area contributed by atoms with Gasteiger partial charge in [-0.05, 0) is 41.0 Å². The number of amides is 2. The van der Waals surface area contributed by atoms with Crippen molar-refractivity contribution >= 4 is 17.5 Å². The fourth-order valence-electron chi connectivity index (χ4n) is 3.71. The highest BCUT2D eigenvalue weighted by molar-refractivity contribution is 6.04. The zero-order valence-corrected chi connectivity index (χ0v) is 18.6. The number of aromatic nitrogens is 1. The first-order chi connectivity index (χ1) is 16.6. The van der Waals surface area contributed by atoms with Crippen molar-refractivity contribution in [1.29, 1.82) is 0 Å². The first-order valence-corrected chi connectivity index (χ1v) is 11.1. The zero-order valence-electron chi connectivity index (χ0n) is 18.6. The average Bonchev–Trinajstić information content (AvgIpc) is 2.89. The molecule has 2 amide bonds. The van der Waals surface area contributed by atoms with Gasteiger partial charge in [0.05, 0.1) is 6.04 Å². The number of anilines is 1. The first-order valence-electron chi connectivity index (χ1n) is 11.1. The second-order valence-electron chi connectivity index (χ2n) is 7.94. The highest BCUT2D eigenvalue weighted by Crippen LogP contribution is 2.23. The minimum absolute atomic E-state index is 0.124. The normalized spacial score (nSPS) is 11.6. The van der Waals surface area contributed by atoms with Gasteiger partial charge in [-0.25, -0.2) is 0 Å². The Labute approximate surface area is 198 Å². The van der Waals surface area contributed by atoms with E-state index in [1.165, 1.54) is 0 Å². The number of carbonyl (C=O) groups is 2. The van der Waals surface area contributed by atoms with E-state index in [0.717, 1.165) is 16.7 Å². The van der Waals surface area contributed by atoms with Crippen molar-refractivity contribution < 1.29 is 9.59 Å². The van der Waals surface area contributed by atoms with Gasteiger partial charge in [0.2, 0.25) is 5.91 Å². The van der Waals surface area contributed by atoms with E-state index in [9.17, 15) is 9.59 Å². The summed E-state index contributed by atoms with van der Waals surface area (Å²) in [6, 6.07) is 29.4. The molecule has 0 radical (unpaired) electrons. The van der Waals surface area contributed by atoms with Gasteiger partial charge in [0, 0.05) is 36.1 Å². The molecule has 1 unspecified atom stereocenters. The molecule has 6 heteroatoms. The summed E-state index contributed by atoms with van der Waals surface area (Å²) in [5.74, 6) is -0.373. The molecule has 0 saturated carbocycles. The third-order valence-electron chi connectivity index (χ3n) is 5.52. The summed E-state index contributed by atoms with van der Waals surface area (Å²) in [4.78, 5) is 29.3. The van der Waals surface area contributed by atoms with Gasteiger partial charge in [-0.2, -0.15) is 0 Å². The molecular formula is C28H26N4O2. The Morgan fingerprint density at radius 1 is 0.735 bits per heavy atom. The molecular weight excluding hydrogens is 424 g/mol. The molecule has 4 aromatic rings. The molecule has 6 nitrogen and oxygen atoms in total. The Balaban J connectivity index is 1.40. The van der Waals surface area contributed by atoms with Crippen molar-refractivity contribution in [2.45, 2.75) is 18.5 Å². The van der Waals surface area contributed by atoms with Crippen LogP contribution in [0.25, 0.3) is 0 Å². The minimum Gasteiger partial charge on any atom is -0.345 e. The van der Waals surface area contributed by atoms with Crippen molar-refractivity contribution in [3.8, 4) is 0 Å². The second kappa shape index (κ2) is 11.0. The lowest BCUT2D eigenvalue weighted by atomic mass is 9.97. The summed E-state index contributed by atoms with van der Waals surface area (Å²) >= 11 is 0. The smallest absolute Gasteiger partial charge is 0.255 e. The topological polar surface area (TPSA) is 97.1 Å². The lowest BCUT2D eigenvalue weighted by Crippen LogP contribution is -2.31. The number of carbonyl (C=O) groups excluding carboxylic acids is 2. The molecule has 0 bridgehead atoms. The molecule has 1 aromatic heterocycles. The molecule has 4 rings (SSSR count). The van der Waals surface area contributed by atoms with Crippen LogP contribution in [0.5, 0.6) is 0 Å². The summed E-state index contributed by atoms with van der Waals surface area (Å²) in [5.41, 5.74) is 10.3. The third-order valence-corrected chi connectivity index (χ3v) is 5.52. The van der Waals surface area contributed by atoms with Gasteiger partial charge in [0.15, 0.2) is 0 Å². The summed E-state index contributed by atoms with van der Waals surface area (Å²) < 4.78 is 0. The maximum Gasteiger partial charge on any atom is 0.255 e. The fourth-order valence-corrected chi connectivity index (χ4v) is 3.71. The summed E-state index contributed by atoms with van der Waals surface area (Å²) in [6.45, 7) is 0. The Bertz CT molecular complexity index is 1170.